The number of sulfonamides is 1. The van der Waals surface area contributed by atoms with Crippen molar-refractivity contribution in [3.8, 4) is 0 Å². The summed E-state index contributed by atoms with van der Waals surface area (Å²) in [6.45, 7) is 4.41. The smallest absolute Gasteiger partial charge is 0.271 e. The monoisotopic (exact) mass is 310 g/mol. The molecule has 4 nitrogen and oxygen atoms in total. The molecule has 0 aliphatic rings. The van der Waals surface area contributed by atoms with Crippen LogP contribution < -0.4 is 10.5 Å². The van der Waals surface area contributed by atoms with Crippen LogP contribution in [0.1, 0.15) is 30.9 Å². The molecule has 6 heteroatoms. The maximum atomic E-state index is 12.4. The number of rotatable bonds is 5. The van der Waals surface area contributed by atoms with Gasteiger partial charge in [0.15, 0.2) is 0 Å². The predicted molar refractivity (Wildman–Crippen MR) is 83.5 cm³/mol. The number of hydrogen-bond acceptors (Lipinski definition) is 4. The molecular formula is C14H18N2O2S2. The molecule has 1 heterocycles. The van der Waals surface area contributed by atoms with E-state index < -0.39 is 10.0 Å². The van der Waals surface area contributed by atoms with E-state index in [0.717, 1.165) is 11.1 Å². The van der Waals surface area contributed by atoms with Gasteiger partial charge < -0.3 is 5.73 Å². The topological polar surface area (TPSA) is 72.2 Å². The highest BCUT2D eigenvalue weighted by Gasteiger charge is 2.18. The molecule has 0 bridgehead atoms. The molecule has 0 aliphatic carbocycles. The van der Waals surface area contributed by atoms with E-state index in [4.69, 9.17) is 5.73 Å². The second-order valence-electron chi connectivity index (χ2n) is 4.83. The molecule has 3 N–H and O–H groups in total. The van der Waals surface area contributed by atoms with Gasteiger partial charge in [-0.2, -0.15) is 0 Å². The van der Waals surface area contributed by atoms with Crippen LogP contribution in [0.5, 0.6) is 0 Å². The molecule has 0 fully saturated rings. The van der Waals surface area contributed by atoms with Gasteiger partial charge in [0.2, 0.25) is 0 Å². The fourth-order valence-electron chi connectivity index (χ4n) is 1.89. The largest absolute Gasteiger partial charge is 0.326 e. The Bertz CT molecular complexity index is 691. The zero-order valence-corrected chi connectivity index (χ0v) is 13.1. The van der Waals surface area contributed by atoms with Crippen LogP contribution in [0, 0.1) is 0 Å². The van der Waals surface area contributed by atoms with E-state index in [0.29, 0.717) is 12.2 Å². The van der Waals surface area contributed by atoms with Gasteiger partial charge in [0.1, 0.15) is 4.21 Å². The Morgan fingerprint density at radius 1 is 1.30 bits per heavy atom. The van der Waals surface area contributed by atoms with Gasteiger partial charge in [-0.05, 0) is 34.6 Å². The first kappa shape index (κ1) is 15.0. The number of para-hydroxylation sites is 1. The van der Waals surface area contributed by atoms with Crippen molar-refractivity contribution >= 4 is 27.0 Å². The van der Waals surface area contributed by atoms with Gasteiger partial charge in [0, 0.05) is 6.54 Å². The minimum atomic E-state index is -3.55. The van der Waals surface area contributed by atoms with Gasteiger partial charge >= 0.3 is 0 Å². The molecule has 0 amide bonds. The summed E-state index contributed by atoms with van der Waals surface area (Å²) in [6.07, 6.45) is 0. The Kier molecular flexibility index (Phi) is 4.47. The number of hydrogen-bond donors (Lipinski definition) is 2. The van der Waals surface area contributed by atoms with Gasteiger partial charge in [0.25, 0.3) is 10.0 Å². The second-order valence-corrected chi connectivity index (χ2v) is 7.65. The van der Waals surface area contributed by atoms with Crippen molar-refractivity contribution in [1.29, 1.82) is 0 Å². The normalized spacial score (nSPS) is 11.8. The minimum absolute atomic E-state index is 0.247. The molecule has 0 unspecified atom stereocenters. The zero-order valence-electron chi connectivity index (χ0n) is 11.5. The maximum Gasteiger partial charge on any atom is 0.271 e. The molecule has 20 heavy (non-hydrogen) atoms. The Balaban J connectivity index is 2.33. The number of benzene rings is 1. The Morgan fingerprint density at radius 2 is 2.00 bits per heavy atom. The Labute approximate surface area is 123 Å². The van der Waals surface area contributed by atoms with Gasteiger partial charge in [-0.3, -0.25) is 4.72 Å². The van der Waals surface area contributed by atoms with Crippen LogP contribution in [0.25, 0.3) is 0 Å². The molecular weight excluding hydrogens is 292 g/mol. The van der Waals surface area contributed by atoms with Crippen LogP contribution >= 0.6 is 11.3 Å². The van der Waals surface area contributed by atoms with Crippen molar-refractivity contribution in [1.82, 2.24) is 0 Å². The Hall–Kier alpha value is -1.37. The van der Waals surface area contributed by atoms with Crippen molar-refractivity contribution < 1.29 is 8.42 Å². The summed E-state index contributed by atoms with van der Waals surface area (Å²) in [5.74, 6) is 0.247. The fraction of sp³-hybridized carbons (Fsp3) is 0.286. The van der Waals surface area contributed by atoms with Crippen LogP contribution in [0.15, 0.2) is 39.9 Å². The lowest BCUT2D eigenvalue weighted by Gasteiger charge is -2.14. The number of thiophene rings is 1. The molecule has 1 aromatic carbocycles. The molecule has 108 valence electrons. The maximum absolute atomic E-state index is 12.4. The lowest BCUT2D eigenvalue weighted by atomic mass is 10.0. The summed E-state index contributed by atoms with van der Waals surface area (Å²) >= 11 is 1.18. The highest BCUT2D eigenvalue weighted by Crippen LogP contribution is 2.28. The second kappa shape index (κ2) is 5.95. The van der Waals surface area contributed by atoms with Crippen molar-refractivity contribution in [2.24, 2.45) is 5.73 Å². The van der Waals surface area contributed by atoms with Crippen molar-refractivity contribution in [3.63, 3.8) is 0 Å². The van der Waals surface area contributed by atoms with Crippen LogP contribution in [-0.4, -0.2) is 8.42 Å². The molecule has 0 spiro atoms. The van der Waals surface area contributed by atoms with Crippen LogP contribution in [0.4, 0.5) is 5.69 Å². The molecule has 2 rings (SSSR count). The molecule has 0 atom stereocenters. The van der Waals surface area contributed by atoms with Gasteiger partial charge in [-0.1, -0.05) is 32.0 Å². The van der Waals surface area contributed by atoms with E-state index >= 15 is 0 Å². The first-order valence-corrected chi connectivity index (χ1v) is 8.69. The molecule has 2 aromatic rings. The number of nitrogens with one attached hydrogen (secondary N) is 1. The van der Waals surface area contributed by atoms with E-state index in [2.05, 4.69) is 4.72 Å². The molecule has 0 radical (unpaired) electrons. The zero-order chi connectivity index (χ0) is 14.8. The lowest BCUT2D eigenvalue weighted by molar-refractivity contribution is 0.603. The SMILES string of the molecule is CC(C)c1ccccc1NS(=O)(=O)c1cc(CN)cs1. The van der Waals surface area contributed by atoms with Crippen LogP contribution in [0.3, 0.4) is 0 Å². The average molecular weight is 310 g/mol. The highest BCUT2D eigenvalue weighted by molar-refractivity contribution is 7.94. The summed E-state index contributed by atoms with van der Waals surface area (Å²) in [5, 5.41) is 1.77. The standard InChI is InChI=1S/C14H18N2O2S2/c1-10(2)12-5-3-4-6-13(12)16-20(17,18)14-7-11(8-15)9-19-14/h3-7,9-10,16H,8,15H2,1-2H3. The van der Waals surface area contributed by atoms with Crippen molar-refractivity contribution in [2.45, 2.75) is 30.5 Å². The summed E-state index contributed by atoms with van der Waals surface area (Å²) < 4.78 is 27.7. The number of anilines is 1. The van der Waals surface area contributed by atoms with E-state index in [1.165, 1.54) is 11.3 Å². The van der Waals surface area contributed by atoms with Crippen LogP contribution in [0.2, 0.25) is 0 Å². The predicted octanol–water partition coefficient (Wildman–Crippen LogP) is 3.13. The lowest BCUT2D eigenvalue weighted by Crippen LogP contribution is -2.13. The van der Waals surface area contributed by atoms with E-state index in [-0.39, 0.29) is 10.1 Å². The molecule has 0 saturated heterocycles. The Morgan fingerprint density at radius 3 is 2.60 bits per heavy atom. The molecule has 0 aliphatic heterocycles. The van der Waals surface area contributed by atoms with Crippen molar-refractivity contribution in [2.75, 3.05) is 4.72 Å². The van der Waals surface area contributed by atoms with Gasteiger partial charge in [-0.15, -0.1) is 11.3 Å². The van der Waals surface area contributed by atoms with E-state index in [9.17, 15) is 8.42 Å². The summed E-state index contributed by atoms with van der Waals surface area (Å²) in [4.78, 5) is 0. The van der Waals surface area contributed by atoms with Crippen LogP contribution in [-0.2, 0) is 16.6 Å². The first-order valence-electron chi connectivity index (χ1n) is 6.33. The summed E-state index contributed by atoms with van der Waals surface area (Å²) in [5.41, 5.74) is 7.95. The van der Waals surface area contributed by atoms with Gasteiger partial charge in [0.05, 0.1) is 5.69 Å². The molecule has 0 saturated carbocycles. The number of nitrogens with two attached hydrogens (primary N) is 1. The molecule has 1 aromatic heterocycles. The van der Waals surface area contributed by atoms with Crippen molar-refractivity contribution in [3.05, 3.63) is 46.8 Å². The quantitative estimate of drug-likeness (QED) is 0.891. The van der Waals surface area contributed by atoms with Gasteiger partial charge in [-0.25, -0.2) is 8.42 Å². The average Bonchev–Trinajstić information content (AvgIpc) is 2.88. The first-order chi connectivity index (χ1) is 9.44. The van der Waals surface area contributed by atoms with E-state index in [1.807, 2.05) is 32.0 Å². The fourth-order valence-corrected chi connectivity index (χ4v) is 4.20. The third-order valence-corrected chi connectivity index (χ3v) is 5.81. The third kappa shape index (κ3) is 3.20. The summed E-state index contributed by atoms with van der Waals surface area (Å²) in [7, 11) is -3.55. The summed E-state index contributed by atoms with van der Waals surface area (Å²) in [6, 6.07) is 9.06. The third-order valence-electron chi connectivity index (χ3n) is 2.96. The minimum Gasteiger partial charge on any atom is -0.326 e. The highest BCUT2D eigenvalue weighted by atomic mass is 32.2. The van der Waals surface area contributed by atoms with E-state index in [1.54, 1.807) is 17.5 Å².